The molecular formula is C8H12N6S. The highest BCUT2D eigenvalue weighted by Gasteiger charge is 2.11. The lowest BCUT2D eigenvalue weighted by Crippen LogP contribution is -2.10. The van der Waals surface area contributed by atoms with E-state index in [4.69, 9.17) is 0 Å². The molecule has 2 rings (SSSR count). The Bertz CT molecular complexity index is 447. The van der Waals surface area contributed by atoms with Crippen molar-refractivity contribution in [3.8, 4) is 0 Å². The molecule has 0 saturated heterocycles. The topological polar surface area (TPSA) is 68.5 Å². The van der Waals surface area contributed by atoms with E-state index in [2.05, 4.69) is 25.8 Å². The molecule has 0 radical (unpaired) electrons. The number of rotatable bonds is 3. The van der Waals surface area contributed by atoms with Gasteiger partial charge in [-0.1, -0.05) is 5.10 Å². The Hall–Kier alpha value is -1.50. The molecular weight excluding hydrogens is 212 g/mol. The lowest BCUT2D eigenvalue weighted by Gasteiger charge is -2.09. The Morgan fingerprint density at radius 2 is 2.33 bits per heavy atom. The first kappa shape index (κ1) is 10.0. The van der Waals surface area contributed by atoms with Gasteiger partial charge in [0.15, 0.2) is 0 Å². The molecule has 2 aromatic rings. The minimum absolute atomic E-state index is 0.119. The number of hydrogen-bond donors (Lipinski definition) is 1. The molecule has 1 N–H and O–H groups in total. The summed E-state index contributed by atoms with van der Waals surface area (Å²) in [5.41, 5.74) is 0. The molecule has 7 heteroatoms. The Kier molecular flexibility index (Phi) is 2.63. The quantitative estimate of drug-likeness (QED) is 0.847. The van der Waals surface area contributed by atoms with Gasteiger partial charge in [0.2, 0.25) is 5.95 Å². The van der Waals surface area contributed by atoms with Crippen molar-refractivity contribution in [3.05, 3.63) is 16.1 Å². The van der Waals surface area contributed by atoms with Crippen molar-refractivity contribution in [2.24, 2.45) is 7.05 Å². The maximum Gasteiger partial charge on any atom is 0.243 e. The van der Waals surface area contributed by atoms with Gasteiger partial charge < -0.3 is 5.32 Å². The van der Waals surface area contributed by atoms with E-state index in [1.807, 2.05) is 20.0 Å². The van der Waals surface area contributed by atoms with Crippen LogP contribution in [-0.2, 0) is 7.05 Å². The van der Waals surface area contributed by atoms with Crippen LogP contribution in [0.1, 0.15) is 22.9 Å². The molecule has 0 aromatic carbocycles. The first-order chi connectivity index (χ1) is 7.16. The second-order valence-corrected chi connectivity index (χ2v) is 4.57. The first-order valence-electron chi connectivity index (χ1n) is 4.58. The number of anilines is 1. The lowest BCUT2D eigenvalue weighted by atomic mass is 10.4. The van der Waals surface area contributed by atoms with Crippen LogP contribution in [0, 0.1) is 6.92 Å². The predicted octanol–water partition coefficient (Wildman–Crippen LogP) is 1.15. The summed E-state index contributed by atoms with van der Waals surface area (Å²) in [6.45, 7) is 4.07. The monoisotopic (exact) mass is 224 g/mol. The maximum atomic E-state index is 4.30. The number of aromatic nitrogens is 5. The van der Waals surface area contributed by atoms with Crippen LogP contribution in [0.3, 0.4) is 0 Å². The van der Waals surface area contributed by atoms with Gasteiger partial charge in [0.1, 0.15) is 5.01 Å². The normalized spacial score (nSPS) is 12.7. The van der Waals surface area contributed by atoms with Gasteiger partial charge in [-0.3, -0.25) is 0 Å². The van der Waals surface area contributed by atoms with E-state index in [0.717, 1.165) is 5.01 Å². The van der Waals surface area contributed by atoms with Gasteiger partial charge >= 0.3 is 0 Å². The first-order valence-corrected chi connectivity index (χ1v) is 5.39. The average Bonchev–Trinajstić information content (AvgIpc) is 2.77. The van der Waals surface area contributed by atoms with Gasteiger partial charge in [-0.2, -0.15) is 0 Å². The van der Waals surface area contributed by atoms with Crippen LogP contribution < -0.4 is 5.32 Å². The number of hydrogen-bond acceptors (Lipinski definition) is 6. The van der Waals surface area contributed by atoms with Crippen LogP contribution in [0.25, 0.3) is 0 Å². The fraction of sp³-hybridized carbons (Fsp3) is 0.500. The van der Waals surface area contributed by atoms with Crippen LogP contribution in [0.4, 0.5) is 5.95 Å². The molecule has 0 aliphatic rings. The number of nitrogens with one attached hydrogen (secondary N) is 1. The maximum absolute atomic E-state index is 4.30. The molecule has 0 aliphatic carbocycles. The zero-order chi connectivity index (χ0) is 10.8. The molecule has 0 spiro atoms. The van der Waals surface area contributed by atoms with E-state index in [1.54, 1.807) is 23.1 Å². The van der Waals surface area contributed by atoms with E-state index < -0.39 is 0 Å². The Morgan fingerprint density at radius 3 is 2.87 bits per heavy atom. The highest BCUT2D eigenvalue weighted by atomic mass is 32.1. The Labute approximate surface area is 91.3 Å². The van der Waals surface area contributed by atoms with Crippen LogP contribution in [0.15, 0.2) is 6.20 Å². The van der Waals surface area contributed by atoms with E-state index >= 15 is 0 Å². The van der Waals surface area contributed by atoms with Crippen LogP contribution in [-0.4, -0.2) is 25.2 Å². The molecule has 1 unspecified atom stereocenters. The van der Waals surface area contributed by atoms with Gasteiger partial charge in [-0.15, -0.1) is 11.3 Å². The van der Waals surface area contributed by atoms with Gasteiger partial charge in [-0.25, -0.2) is 9.67 Å². The number of nitrogens with zero attached hydrogens (tertiary/aromatic N) is 5. The van der Waals surface area contributed by atoms with Crippen molar-refractivity contribution < 1.29 is 0 Å². The highest BCUT2D eigenvalue weighted by Crippen LogP contribution is 2.21. The van der Waals surface area contributed by atoms with Crippen molar-refractivity contribution in [2.45, 2.75) is 19.9 Å². The third kappa shape index (κ3) is 2.12. The highest BCUT2D eigenvalue weighted by molar-refractivity contribution is 7.11. The number of aryl methyl sites for hydroxylation is 2. The zero-order valence-corrected chi connectivity index (χ0v) is 9.62. The summed E-state index contributed by atoms with van der Waals surface area (Å²) in [6.07, 6.45) is 1.87. The molecule has 0 fully saturated rings. The summed E-state index contributed by atoms with van der Waals surface area (Å²) in [5.74, 6) is 0.648. The SMILES string of the molecule is Cc1cnc(C(C)Nc2nnnn2C)s1. The third-order valence-electron chi connectivity index (χ3n) is 1.98. The number of thiazole rings is 1. The van der Waals surface area contributed by atoms with Crippen LogP contribution in [0.5, 0.6) is 0 Å². The Balaban J connectivity index is 2.10. The minimum Gasteiger partial charge on any atom is -0.344 e. The Morgan fingerprint density at radius 1 is 1.53 bits per heavy atom. The molecule has 0 aliphatic heterocycles. The molecule has 0 amide bonds. The molecule has 2 heterocycles. The second kappa shape index (κ2) is 3.93. The predicted molar refractivity (Wildman–Crippen MR) is 57.7 cm³/mol. The van der Waals surface area contributed by atoms with Crippen LogP contribution in [0.2, 0.25) is 0 Å². The van der Waals surface area contributed by atoms with Gasteiger partial charge in [-0.05, 0) is 24.3 Å². The van der Waals surface area contributed by atoms with Gasteiger partial charge in [0.25, 0.3) is 0 Å². The van der Waals surface area contributed by atoms with Crippen molar-refractivity contribution in [1.82, 2.24) is 25.2 Å². The minimum atomic E-state index is 0.119. The molecule has 6 nitrogen and oxygen atoms in total. The number of tetrazole rings is 1. The van der Waals surface area contributed by atoms with Gasteiger partial charge in [0.05, 0.1) is 6.04 Å². The molecule has 80 valence electrons. The van der Waals surface area contributed by atoms with Crippen molar-refractivity contribution in [2.75, 3.05) is 5.32 Å². The third-order valence-corrected chi connectivity index (χ3v) is 3.07. The van der Waals surface area contributed by atoms with Crippen LogP contribution >= 0.6 is 11.3 Å². The van der Waals surface area contributed by atoms with E-state index in [1.165, 1.54) is 4.88 Å². The van der Waals surface area contributed by atoms with Crippen molar-refractivity contribution >= 4 is 17.3 Å². The fourth-order valence-electron chi connectivity index (χ4n) is 1.18. The zero-order valence-electron chi connectivity index (χ0n) is 8.80. The largest absolute Gasteiger partial charge is 0.344 e. The summed E-state index contributed by atoms with van der Waals surface area (Å²) >= 11 is 1.67. The van der Waals surface area contributed by atoms with E-state index in [9.17, 15) is 0 Å². The molecule has 1 atom stereocenters. The second-order valence-electron chi connectivity index (χ2n) is 3.30. The average molecular weight is 224 g/mol. The molecule has 0 bridgehead atoms. The standard InChI is InChI=1S/C8H12N6S/c1-5-4-9-7(15-5)6(2)10-8-11-12-13-14(8)3/h4,6H,1-3H3,(H,10,11,13). The molecule has 15 heavy (non-hydrogen) atoms. The fourth-order valence-corrected chi connectivity index (χ4v) is 1.96. The smallest absolute Gasteiger partial charge is 0.243 e. The van der Waals surface area contributed by atoms with E-state index in [-0.39, 0.29) is 6.04 Å². The van der Waals surface area contributed by atoms with E-state index in [0.29, 0.717) is 5.95 Å². The summed E-state index contributed by atoms with van der Waals surface area (Å²) in [7, 11) is 1.79. The van der Waals surface area contributed by atoms with Gasteiger partial charge in [0, 0.05) is 18.1 Å². The van der Waals surface area contributed by atoms with Crippen molar-refractivity contribution in [1.29, 1.82) is 0 Å². The summed E-state index contributed by atoms with van der Waals surface area (Å²) < 4.78 is 1.59. The lowest BCUT2D eigenvalue weighted by molar-refractivity contribution is 0.705. The summed E-state index contributed by atoms with van der Waals surface area (Å²) in [4.78, 5) is 5.51. The molecule has 0 saturated carbocycles. The summed E-state index contributed by atoms with van der Waals surface area (Å²) in [6, 6.07) is 0.119. The summed E-state index contributed by atoms with van der Waals surface area (Å²) in [5, 5.41) is 15.4. The molecule has 2 aromatic heterocycles. The van der Waals surface area contributed by atoms with Crippen molar-refractivity contribution in [3.63, 3.8) is 0 Å².